The van der Waals surface area contributed by atoms with E-state index in [4.69, 9.17) is 0 Å². The molecule has 0 amide bonds. The molecule has 0 radical (unpaired) electrons. The van der Waals surface area contributed by atoms with Crippen LogP contribution >= 0.6 is 0 Å². The molecule has 166 valence electrons. The van der Waals surface area contributed by atoms with Crippen molar-refractivity contribution in [3.63, 3.8) is 0 Å². The summed E-state index contributed by atoms with van der Waals surface area (Å²) >= 11 is 0. The highest BCUT2D eigenvalue weighted by molar-refractivity contribution is 5.76. The Bertz CT molecular complexity index is 1380. The van der Waals surface area contributed by atoms with E-state index in [1.54, 1.807) is 6.08 Å². The van der Waals surface area contributed by atoms with Gasteiger partial charge in [0.1, 0.15) is 10.7 Å². The number of nitrogens with zero attached hydrogens (tertiary/aromatic N) is 3. The molecule has 0 N–H and O–H groups in total. The summed E-state index contributed by atoms with van der Waals surface area (Å²) in [6, 6.07) is 28.1. The summed E-state index contributed by atoms with van der Waals surface area (Å²) in [5.74, 6) is 0. The van der Waals surface area contributed by atoms with Gasteiger partial charge in [0.15, 0.2) is 0 Å². The SMILES string of the molecule is C=c1n(CC)c(=O)c(=Cc2ccc(N(c3ccccc3)c3ccccc3)cc2)c(=O)n1CC. The lowest BCUT2D eigenvalue weighted by atomic mass is 10.1. The van der Waals surface area contributed by atoms with Crippen molar-refractivity contribution in [1.29, 1.82) is 0 Å². The van der Waals surface area contributed by atoms with Gasteiger partial charge in [-0.2, -0.15) is 0 Å². The van der Waals surface area contributed by atoms with Gasteiger partial charge in [-0.05, 0) is 61.9 Å². The van der Waals surface area contributed by atoms with Crippen molar-refractivity contribution in [3.8, 4) is 0 Å². The summed E-state index contributed by atoms with van der Waals surface area (Å²) in [6.07, 6.45) is 1.67. The number of para-hydroxylation sites is 2. The molecule has 0 aliphatic carbocycles. The molecular formula is C28H27N3O2. The standard InChI is InChI=1S/C28H27N3O2/c1-4-29-21(3)30(5-2)28(33)26(27(29)32)20-22-16-18-25(19-17-22)31(23-12-8-6-9-13-23)24-14-10-7-11-15-24/h6-20H,3-5H2,1-2H3. The van der Waals surface area contributed by atoms with Crippen LogP contribution in [0.15, 0.2) is 94.5 Å². The van der Waals surface area contributed by atoms with Crippen molar-refractivity contribution in [2.45, 2.75) is 26.9 Å². The first kappa shape index (κ1) is 22.1. The van der Waals surface area contributed by atoms with Crippen LogP contribution in [-0.2, 0) is 13.1 Å². The fourth-order valence-corrected chi connectivity index (χ4v) is 4.03. The number of hydrogen-bond donors (Lipinski definition) is 0. The van der Waals surface area contributed by atoms with Gasteiger partial charge in [-0.25, -0.2) is 0 Å². The Kier molecular flexibility index (Phi) is 6.41. The van der Waals surface area contributed by atoms with Gasteiger partial charge in [0.05, 0.1) is 0 Å². The maximum absolute atomic E-state index is 12.9. The van der Waals surface area contributed by atoms with Crippen molar-refractivity contribution >= 4 is 29.7 Å². The Morgan fingerprint density at radius 2 is 1.12 bits per heavy atom. The largest absolute Gasteiger partial charge is 0.311 e. The molecule has 0 saturated heterocycles. The van der Waals surface area contributed by atoms with Gasteiger partial charge in [-0.1, -0.05) is 55.1 Å². The Morgan fingerprint density at radius 1 is 0.697 bits per heavy atom. The number of rotatable bonds is 6. The van der Waals surface area contributed by atoms with Crippen LogP contribution < -0.4 is 26.7 Å². The van der Waals surface area contributed by atoms with Crippen LogP contribution in [0.25, 0.3) is 12.7 Å². The van der Waals surface area contributed by atoms with E-state index in [0.29, 0.717) is 18.6 Å². The van der Waals surface area contributed by atoms with Crippen molar-refractivity contribution in [1.82, 2.24) is 9.13 Å². The van der Waals surface area contributed by atoms with Crippen molar-refractivity contribution in [3.05, 3.63) is 122 Å². The van der Waals surface area contributed by atoms with E-state index in [-0.39, 0.29) is 16.3 Å². The Labute approximate surface area is 192 Å². The average molecular weight is 438 g/mol. The third-order valence-corrected chi connectivity index (χ3v) is 5.70. The summed E-state index contributed by atoms with van der Waals surface area (Å²) < 4.78 is 3.08. The molecule has 4 rings (SSSR count). The topological polar surface area (TPSA) is 47.2 Å². The van der Waals surface area contributed by atoms with Crippen LogP contribution in [0.4, 0.5) is 17.1 Å². The molecular weight excluding hydrogens is 410 g/mol. The molecule has 1 aromatic heterocycles. The average Bonchev–Trinajstić information content (AvgIpc) is 2.85. The maximum atomic E-state index is 12.9. The van der Waals surface area contributed by atoms with Crippen LogP contribution in [-0.4, -0.2) is 9.13 Å². The minimum absolute atomic E-state index is 0.154. The molecule has 33 heavy (non-hydrogen) atoms. The van der Waals surface area contributed by atoms with E-state index in [0.717, 1.165) is 22.6 Å². The minimum Gasteiger partial charge on any atom is -0.311 e. The zero-order valence-corrected chi connectivity index (χ0v) is 18.9. The molecule has 0 unspecified atom stereocenters. The second-order valence-corrected chi connectivity index (χ2v) is 7.67. The molecule has 5 heteroatoms. The second kappa shape index (κ2) is 9.57. The Balaban J connectivity index is 1.82. The highest BCUT2D eigenvalue weighted by Crippen LogP contribution is 2.33. The van der Waals surface area contributed by atoms with Gasteiger partial charge in [0.25, 0.3) is 11.1 Å². The van der Waals surface area contributed by atoms with Crippen molar-refractivity contribution in [2.24, 2.45) is 0 Å². The first-order valence-electron chi connectivity index (χ1n) is 11.1. The first-order valence-corrected chi connectivity index (χ1v) is 11.1. The summed E-state index contributed by atoms with van der Waals surface area (Å²) in [4.78, 5) is 28.0. The van der Waals surface area contributed by atoms with E-state index >= 15 is 0 Å². The molecule has 3 aromatic carbocycles. The van der Waals surface area contributed by atoms with Gasteiger partial charge >= 0.3 is 0 Å². The highest BCUT2D eigenvalue weighted by Gasteiger charge is 2.12. The predicted octanol–water partition coefficient (Wildman–Crippen LogP) is 3.76. The molecule has 0 fully saturated rings. The van der Waals surface area contributed by atoms with Crippen LogP contribution in [0.3, 0.4) is 0 Å². The highest BCUT2D eigenvalue weighted by atomic mass is 16.1. The zero-order valence-electron chi connectivity index (χ0n) is 18.9. The van der Waals surface area contributed by atoms with Crippen LogP contribution in [0, 0.1) is 0 Å². The van der Waals surface area contributed by atoms with Crippen LogP contribution in [0.2, 0.25) is 0 Å². The van der Waals surface area contributed by atoms with E-state index in [9.17, 15) is 9.59 Å². The number of aromatic nitrogens is 2. The van der Waals surface area contributed by atoms with Crippen LogP contribution in [0.5, 0.6) is 0 Å². The van der Waals surface area contributed by atoms with Crippen LogP contribution in [0.1, 0.15) is 19.4 Å². The molecule has 0 aliphatic rings. The lowest BCUT2D eigenvalue weighted by Crippen LogP contribution is -2.57. The maximum Gasteiger partial charge on any atom is 0.264 e. The van der Waals surface area contributed by atoms with E-state index < -0.39 is 0 Å². The summed E-state index contributed by atoms with van der Waals surface area (Å²) in [7, 11) is 0. The third-order valence-electron chi connectivity index (χ3n) is 5.70. The fraction of sp³-hybridized carbons (Fsp3) is 0.143. The van der Waals surface area contributed by atoms with Gasteiger partial charge in [0, 0.05) is 30.2 Å². The Hall–Kier alpha value is -4.12. The summed E-state index contributed by atoms with van der Waals surface area (Å²) in [5, 5.41) is 0.154. The molecule has 1 heterocycles. The smallest absolute Gasteiger partial charge is 0.264 e. The van der Waals surface area contributed by atoms with Crippen molar-refractivity contribution < 1.29 is 0 Å². The normalized spacial score (nSPS) is 10.7. The monoisotopic (exact) mass is 437 g/mol. The fourth-order valence-electron chi connectivity index (χ4n) is 4.03. The van der Waals surface area contributed by atoms with Gasteiger partial charge in [-0.15, -0.1) is 0 Å². The van der Waals surface area contributed by atoms with E-state index in [2.05, 4.69) is 35.7 Å². The van der Waals surface area contributed by atoms with Gasteiger partial charge < -0.3 is 4.90 Å². The lowest BCUT2D eigenvalue weighted by molar-refractivity contribution is 0.573. The summed E-state index contributed by atoms with van der Waals surface area (Å²) in [5.41, 5.74) is 3.67. The van der Waals surface area contributed by atoms with E-state index in [1.165, 1.54) is 9.13 Å². The molecule has 0 atom stereocenters. The van der Waals surface area contributed by atoms with Gasteiger partial charge in [0.2, 0.25) is 0 Å². The first-order chi connectivity index (χ1) is 16.0. The lowest BCUT2D eigenvalue weighted by Gasteiger charge is -2.25. The minimum atomic E-state index is -0.309. The predicted molar refractivity (Wildman–Crippen MR) is 136 cm³/mol. The second-order valence-electron chi connectivity index (χ2n) is 7.67. The van der Waals surface area contributed by atoms with E-state index in [1.807, 2.05) is 74.5 Å². The quantitative estimate of drug-likeness (QED) is 0.462. The third kappa shape index (κ3) is 4.30. The number of benzene rings is 3. The molecule has 0 saturated carbocycles. The number of hydrogen-bond acceptors (Lipinski definition) is 3. The van der Waals surface area contributed by atoms with Gasteiger partial charge in [-0.3, -0.25) is 18.7 Å². The molecule has 0 aliphatic heterocycles. The zero-order chi connectivity index (χ0) is 23.4. The molecule has 4 aromatic rings. The Morgan fingerprint density at radius 3 is 1.55 bits per heavy atom. The molecule has 5 nitrogen and oxygen atoms in total. The van der Waals surface area contributed by atoms with Crippen molar-refractivity contribution in [2.75, 3.05) is 4.90 Å². The number of anilines is 3. The molecule has 0 spiro atoms. The molecule has 0 bridgehead atoms. The summed E-state index contributed by atoms with van der Waals surface area (Å²) in [6.45, 7) is 8.60.